The molecule has 31 heavy (non-hydrogen) atoms. The number of amides is 1. The van der Waals surface area contributed by atoms with Gasteiger partial charge < -0.3 is 14.8 Å². The smallest absolute Gasteiger partial charge is 0.338 e. The molecule has 1 fully saturated rings. The van der Waals surface area contributed by atoms with Crippen LogP contribution in [-0.2, 0) is 24.3 Å². The molecule has 0 bridgehead atoms. The highest BCUT2D eigenvalue weighted by molar-refractivity contribution is 7.89. The van der Waals surface area contributed by atoms with Gasteiger partial charge in [0.15, 0.2) is 6.61 Å². The summed E-state index contributed by atoms with van der Waals surface area (Å²) in [4.78, 5) is 24.5. The zero-order chi connectivity index (χ0) is 22.6. The topological polar surface area (TPSA) is 102 Å². The molecule has 0 radical (unpaired) electrons. The molecule has 10 heteroatoms. The Hall–Kier alpha value is -2.46. The van der Waals surface area contributed by atoms with E-state index in [-0.39, 0.29) is 41.8 Å². The number of ether oxygens (including phenoxy) is 2. The quantitative estimate of drug-likeness (QED) is 0.657. The molecule has 0 unspecified atom stereocenters. The van der Waals surface area contributed by atoms with Crippen LogP contribution in [0, 0.1) is 13.8 Å². The second kappa shape index (κ2) is 9.78. The first kappa shape index (κ1) is 23.2. The molecular weight excluding hydrogens is 444 g/mol. The molecule has 8 nitrogen and oxygen atoms in total. The maximum Gasteiger partial charge on any atom is 0.338 e. The van der Waals surface area contributed by atoms with Crippen LogP contribution in [0.5, 0.6) is 0 Å². The third-order valence-electron chi connectivity index (χ3n) is 4.83. The Morgan fingerprint density at radius 1 is 1.13 bits per heavy atom. The molecule has 1 saturated heterocycles. The third-order valence-corrected chi connectivity index (χ3v) is 7.21. The lowest BCUT2D eigenvalue weighted by Crippen LogP contribution is -2.40. The van der Waals surface area contributed by atoms with Crippen molar-refractivity contribution in [3.8, 4) is 0 Å². The Bertz CT molecular complexity index is 1080. The predicted octanol–water partition coefficient (Wildman–Crippen LogP) is 2.77. The molecule has 1 heterocycles. The van der Waals surface area contributed by atoms with Crippen molar-refractivity contribution in [1.29, 1.82) is 0 Å². The van der Waals surface area contributed by atoms with Crippen molar-refractivity contribution in [3.63, 3.8) is 0 Å². The fraction of sp³-hybridized carbons (Fsp3) is 0.333. The summed E-state index contributed by atoms with van der Waals surface area (Å²) in [5, 5.41) is 2.72. The van der Waals surface area contributed by atoms with Crippen LogP contribution >= 0.6 is 11.6 Å². The highest BCUT2D eigenvalue weighted by Gasteiger charge is 2.29. The average molecular weight is 467 g/mol. The lowest BCUT2D eigenvalue weighted by Gasteiger charge is -2.26. The molecule has 0 aliphatic carbocycles. The summed E-state index contributed by atoms with van der Waals surface area (Å²) in [5.74, 6) is -1.33. The Kier molecular flexibility index (Phi) is 7.32. The number of rotatable bonds is 6. The molecule has 0 spiro atoms. The van der Waals surface area contributed by atoms with Crippen molar-refractivity contribution in [3.05, 3.63) is 58.1 Å². The number of halogens is 1. The van der Waals surface area contributed by atoms with Gasteiger partial charge in [0.2, 0.25) is 10.0 Å². The lowest BCUT2D eigenvalue weighted by molar-refractivity contribution is -0.119. The number of carbonyl (C=O) groups is 2. The molecule has 3 rings (SSSR count). The first-order valence-electron chi connectivity index (χ1n) is 9.61. The van der Waals surface area contributed by atoms with Crippen LogP contribution in [0.3, 0.4) is 0 Å². The molecule has 166 valence electrons. The number of sulfonamides is 1. The Labute approximate surface area is 186 Å². The number of aryl methyl sites for hydroxylation is 2. The molecule has 0 saturated carbocycles. The van der Waals surface area contributed by atoms with Crippen LogP contribution in [-0.4, -0.2) is 57.5 Å². The second-order valence-electron chi connectivity index (χ2n) is 7.05. The summed E-state index contributed by atoms with van der Waals surface area (Å²) in [5.41, 5.74) is 2.41. The first-order valence-corrected chi connectivity index (χ1v) is 11.4. The van der Waals surface area contributed by atoms with E-state index in [1.165, 1.54) is 22.5 Å². The SMILES string of the molecule is Cc1cccc(C)c1NC(=O)COC(=O)c1ccc(Cl)c(S(=O)(=O)N2CCOCC2)c1. The molecule has 0 atom stereocenters. The molecule has 2 aromatic carbocycles. The number of hydrogen-bond acceptors (Lipinski definition) is 6. The first-order chi connectivity index (χ1) is 14.7. The van der Waals surface area contributed by atoms with Crippen molar-refractivity contribution in [2.24, 2.45) is 0 Å². The van der Waals surface area contributed by atoms with Gasteiger partial charge in [-0.1, -0.05) is 29.8 Å². The Morgan fingerprint density at radius 2 is 1.77 bits per heavy atom. The second-order valence-corrected chi connectivity index (χ2v) is 9.37. The van der Waals surface area contributed by atoms with Gasteiger partial charge in [-0.3, -0.25) is 4.79 Å². The third kappa shape index (κ3) is 5.43. The van der Waals surface area contributed by atoms with Crippen LogP contribution in [0.25, 0.3) is 0 Å². The maximum atomic E-state index is 12.9. The zero-order valence-electron chi connectivity index (χ0n) is 17.2. The van der Waals surface area contributed by atoms with E-state index < -0.39 is 28.5 Å². The fourth-order valence-corrected chi connectivity index (χ4v) is 5.06. The van der Waals surface area contributed by atoms with Crippen LogP contribution in [0.4, 0.5) is 5.69 Å². The minimum atomic E-state index is -3.90. The van der Waals surface area contributed by atoms with Gasteiger partial charge >= 0.3 is 5.97 Å². The minimum absolute atomic E-state index is 0.00388. The van der Waals surface area contributed by atoms with E-state index in [0.29, 0.717) is 5.69 Å². The number of esters is 1. The Balaban J connectivity index is 1.69. The number of anilines is 1. The number of hydrogen-bond donors (Lipinski definition) is 1. The number of benzene rings is 2. The summed E-state index contributed by atoms with van der Waals surface area (Å²) in [7, 11) is -3.90. The number of nitrogens with one attached hydrogen (secondary N) is 1. The normalized spacial score (nSPS) is 14.8. The number of para-hydroxylation sites is 1. The highest BCUT2D eigenvalue weighted by Crippen LogP contribution is 2.27. The van der Waals surface area contributed by atoms with Crippen molar-refractivity contribution >= 4 is 39.2 Å². The van der Waals surface area contributed by atoms with Gasteiger partial charge in [0.1, 0.15) is 4.90 Å². The average Bonchev–Trinajstić information content (AvgIpc) is 2.75. The highest BCUT2D eigenvalue weighted by atomic mass is 35.5. The van der Waals surface area contributed by atoms with Crippen LogP contribution in [0.15, 0.2) is 41.3 Å². The number of carbonyl (C=O) groups excluding carboxylic acids is 2. The standard InChI is InChI=1S/C21H23ClN2O6S/c1-14-4-3-5-15(2)20(14)23-19(25)13-30-21(26)16-6-7-17(22)18(12-16)31(27,28)24-8-10-29-11-9-24/h3-7,12H,8-11,13H2,1-2H3,(H,23,25). The molecule has 1 amide bonds. The van der Waals surface area contributed by atoms with Gasteiger partial charge in [0, 0.05) is 18.8 Å². The maximum absolute atomic E-state index is 12.9. The molecule has 1 aliphatic heterocycles. The molecule has 1 N–H and O–H groups in total. The van der Waals surface area contributed by atoms with Crippen molar-refractivity contribution in [1.82, 2.24) is 4.31 Å². The van der Waals surface area contributed by atoms with Gasteiger partial charge in [0.05, 0.1) is 23.8 Å². The molecule has 2 aromatic rings. The summed E-state index contributed by atoms with van der Waals surface area (Å²) in [6.07, 6.45) is 0. The van der Waals surface area contributed by atoms with Crippen molar-refractivity contribution in [2.45, 2.75) is 18.7 Å². The van der Waals surface area contributed by atoms with Gasteiger partial charge in [-0.25, -0.2) is 13.2 Å². The van der Waals surface area contributed by atoms with E-state index in [0.717, 1.165) is 11.1 Å². The van der Waals surface area contributed by atoms with E-state index in [4.69, 9.17) is 21.1 Å². The molecule has 0 aromatic heterocycles. The van der Waals surface area contributed by atoms with Crippen molar-refractivity contribution < 1.29 is 27.5 Å². The fourth-order valence-electron chi connectivity index (χ4n) is 3.16. The largest absolute Gasteiger partial charge is 0.452 e. The van der Waals surface area contributed by atoms with Crippen LogP contribution in [0.2, 0.25) is 5.02 Å². The Morgan fingerprint density at radius 3 is 2.42 bits per heavy atom. The van der Waals surface area contributed by atoms with E-state index >= 15 is 0 Å². The number of morpholine rings is 1. The summed E-state index contributed by atoms with van der Waals surface area (Å²) in [6.45, 7) is 4.18. The monoisotopic (exact) mass is 466 g/mol. The molecule has 1 aliphatic rings. The molecular formula is C21H23ClN2O6S. The summed E-state index contributed by atoms with van der Waals surface area (Å²) < 4.78 is 37.3. The van der Waals surface area contributed by atoms with Crippen LogP contribution < -0.4 is 5.32 Å². The van der Waals surface area contributed by atoms with Gasteiger partial charge in [0.25, 0.3) is 5.91 Å². The van der Waals surface area contributed by atoms with E-state index in [1.54, 1.807) is 0 Å². The van der Waals surface area contributed by atoms with E-state index in [2.05, 4.69) is 5.32 Å². The van der Waals surface area contributed by atoms with E-state index in [1.807, 2.05) is 32.0 Å². The van der Waals surface area contributed by atoms with Gasteiger partial charge in [-0.05, 0) is 43.2 Å². The van der Waals surface area contributed by atoms with Gasteiger partial charge in [-0.2, -0.15) is 4.31 Å². The minimum Gasteiger partial charge on any atom is -0.452 e. The zero-order valence-corrected chi connectivity index (χ0v) is 18.8. The van der Waals surface area contributed by atoms with Crippen molar-refractivity contribution in [2.75, 3.05) is 38.2 Å². The van der Waals surface area contributed by atoms with E-state index in [9.17, 15) is 18.0 Å². The predicted molar refractivity (Wildman–Crippen MR) is 116 cm³/mol. The van der Waals surface area contributed by atoms with Gasteiger partial charge in [-0.15, -0.1) is 0 Å². The summed E-state index contributed by atoms with van der Waals surface area (Å²) in [6, 6.07) is 9.44. The van der Waals surface area contributed by atoms with Crippen LogP contribution in [0.1, 0.15) is 21.5 Å². The lowest BCUT2D eigenvalue weighted by atomic mass is 10.1. The number of nitrogens with zero attached hydrogens (tertiary/aromatic N) is 1. The summed E-state index contributed by atoms with van der Waals surface area (Å²) >= 11 is 6.10.